The Bertz CT molecular complexity index is 339. The molecule has 100 valence electrons. The molecule has 1 fully saturated rings. The van der Waals surface area contributed by atoms with Crippen LogP contribution in [0.3, 0.4) is 0 Å². The lowest BCUT2D eigenvalue weighted by molar-refractivity contribution is 0.260. The van der Waals surface area contributed by atoms with Gasteiger partial charge in [0.2, 0.25) is 0 Å². The van der Waals surface area contributed by atoms with Crippen molar-refractivity contribution in [1.82, 2.24) is 9.80 Å². The minimum atomic E-state index is 0.246. The number of benzene rings is 1. The average molecular weight is 247 g/mol. The first-order valence-corrected chi connectivity index (χ1v) is 6.94. The summed E-state index contributed by atoms with van der Waals surface area (Å²) in [4.78, 5) is 4.92. The predicted octanol–water partition coefficient (Wildman–Crippen LogP) is 1.19. The summed E-state index contributed by atoms with van der Waals surface area (Å²) in [7, 11) is 2.20. The Kier molecular flexibility index (Phi) is 5.17. The van der Waals surface area contributed by atoms with Crippen LogP contribution >= 0.6 is 0 Å². The molecule has 1 aliphatic heterocycles. The average Bonchev–Trinajstić information content (AvgIpc) is 2.56. The van der Waals surface area contributed by atoms with Gasteiger partial charge in [0.05, 0.1) is 0 Å². The first-order chi connectivity index (χ1) is 8.74. The van der Waals surface area contributed by atoms with Crippen LogP contribution in [0.5, 0.6) is 0 Å². The second kappa shape index (κ2) is 6.88. The molecule has 18 heavy (non-hydrogen) atoms. The first kappa shape index (κ1) is 13.5. The minimum Gasteiger partial charge on any atom is -0.326 e. The van der Waals surface area contributed by atoms with Gasteiger partial charge in [0.15, 0.2) is 0 Å². The number of nitrogens with zero attached hydrogens (tertiary/aromatic N) is 2. The monoisotopic (exact) mass is 247 g/mol. The van der Waals surface area contributed by atoms with Gasteiger partial charge in [-0.3, -0.25) is 0 Å². The molecule has 0 radical (unpaired) electrons. The van der Waals surface area contributed by atoms with Crippen LogP contribution in [0.25, 0.3) is 0 Å². The van der Waals surface area contributed by atoms with E-state index in [0.29, 0.717) is 0 Å². The molecule has 0 aliphatic carbocycles. The lowest BCUT2D eigenvalue weighted by atomic mass is 10.1. The fraction of sp³-hybridized carbons (Fsp3) is 0.600. The molecule has 2 N–H and O–H groups in total. The highest BCUT2D eigenvalue weighted by atomic mass is 15.2. The van der Waals surface area contributed by atoms with Crippen LogP contribution in [0, 0.1) is 0 Å². The van der Waals surface area contributed by atoms with Crippen molar-refractivity contribution in [2.24, 2.45) is 5.73 Å². The maximum Gasteiger partial charge on any atom is 0.0208 e. The van der Waals surface area contributed by atoms with Crippen LogP contribution in [-0.2, 0) is 6.42 Å². The molecular weight excluding hydrogens is 222 g/mol. The first-order valence-electron chi connectivity index (χ1n) is 6.94. The zero-order valence-electron chi connectivity index (χ0n) is 11.4. The van der Waals surface area contributed by atoms with Crippen LogP contribution < -0.4 is 5.73 Å². The molecule has 0 spiro atoms. The molecule has 1 aliphatic rings. The fourth-order valence-corrected chi connectivity index (χ4v) is 2.60. The Labute approximate surface area is 111 Å². The van der Waals surface area contributed by atoms with Crippen molar-refractivity contribution in [2.45, 2.75) is 18.9 Å². The van der Waals surface area contributed by atoms with E-state index in [1.807, 2.05) is 0 Å². The molecule has 2 rings (SSSR count). The second-order valence-electron chi connectivity index (χ2n) is 5.41. The number of nitrogens with two attached hydrogens (primary N) is 1. The molecule has 1 saturated heterocycles. The van der Waals surface area contributed by atoms with E-state index in [4.69, 9.17) is 5.73 Å². The summed E-state index contributed by atoms with van der Waals surface area (Å²) in [6, 6.07) is 10.8. The highest BCUT2D eigenvalue weighted by molar-refractivity contribution is 5.15. The Hall–Kier alpha value is -0.900. The van der Waals surface area contributed by atoms with E-state index in [1.165, 1.54) is 25.1 Å². The maximum absolute atomic E-state index is 6.27. The summed E-state index contributed by atoms with van der Waals surface area (Å²) >= 11 is 0. The van der Waals surface area contributed by atoms with Gasteiger partial charge in [-0.1, -0.05) is 30.3 Å². The van der Waals surface area contributed by atoms with Crippen LogP contribution in [0.2, 0.25) is 0 Å². The number of rotatable bonds is 4. The van der Waals surface area contributed by atoms with E-state index in [-0.39, 0.29) is 6.04 Å². The molecule has 0 bridgehead atoms. The van der Waals surface area contributed by atoms with Crippen molar-refractivity contribution in [3.63, 3.8) is 0 Å². The molecule has 0 amide bonds. The van der Waals surface area contributed by atoms with E-state index >= 15 is 0 Å². The topological polar surface area (TPSA) is 32.5 Å². The second-order valence-corrected chi connectivity index (χ2v) is 5.41. The van der Waals surface area contributed by atoms with E-state index in [2.05, 4.69) is 47.2 Å². The highest BCUT2D eigenvalue weighted by Crippen LogP contribution is 2.05. The summed E-state index contributed by atoms with van der Waals surface area (Å²) in [5, 5.41) is 0. The van der Waals surface area contributed by atoms with E-state index in [1.54, 1.807) is 0 Å². The molecule has 1 aromatic rings. The van der Waals surface area contributed by atoms with Crippen molar-refractivity contribution >= 4 is 0 Å². The van der Waals surface area contributed by atoms with Gasteiger partial charge in [-0.15, -0.1) is 0 Å². The van der Waals surface area contributed by atoms with Crippen molar-refractivity contribution < 1.29 is 0 Å². The van der Waals surface area contributed by atoms with Crippen LogP contribution in [0.15, 0.2) is 30.3 Å². The van der Waals surface area contributed by atoms with E-state index in [0.717, 1.165) is 26.1 Å². The van der Waals surface area contributed by atoms with Crippen molar-refractivity contribution in [1.29, 1.82) is 0 Å². The quantitative estimate of drug-likeness (QED) is 0.867. The molecule has 1 aromatic carbocycles. The standard InChI is InChI=1S/C15H25N3/c1-17-8-5-9-18(11-10-17)13-15(16)12-14-6-3-2-4-7-14/h2-4,6-7,15H,5,8-13,16H2,1H3/t15-/m1/s1. The Morgan fingerprint density at radius 1 is 1.11 bits per heavy atom. The summed E-state index contributed by atoms with van der Waals surface area (Å²) in [5.74, 6) is 0. The maximum atomic E-state index is 6.27. The molecule has 0 saturated carbocycles. The summed E-state index contributed by atoms with van der Waals surface area (Å²) in [6.07, 6.45) is 2.24. The van der Waals surface area contributed by atoms with Gasteiger partial charge in [-0.25, -0.2) is 0 Å². The minimum absolute atomic E-state index is 0.246. The zero-order valence-corrected chi connectivity index (χ0v) is 11.4. The lowest BCUT2D eigenvalue weighted by Gasteiger charge is -2.24. The van der Waals surface area contributed by atoms with Gasteiger partial charge < -0.3 is 15.5 Å². The van der Waals surface area contributed by atoms with E-state index in [9.17, 15) is 0 Å². The number of hydrogen-bond donors (Lipinski definition) is 1. The summed E-state index contributed by atoms with van der Waals surface area (Å²) < 4.78 is 0. The van der Waals surface area contributed by atoms with Gasteiger partial charge >= 0.3 is 0 Å². The molecule has 0 unspecified atom stereocenters. The van der Waals surface area contributed by atoms with Crippen molar-refractivity contribution in [3.8, 4) is 0 Å². The van der Waals surface area contributed by atoms with Gasteiger partial charge in [0.1, 0.15) is 0 Å². The van der Waals surface area contributed by atoms with Gasteiger partial charge in [0.25, 0.3) is 0 Å². The van der Waals surface area contributed by atoms with Crippen molar-refractivity contribution in [2.75, 3.05) is 39.8 Å². The third-order valence-corrected chi connectivity index (χ3v) is 3.65. The molecular formula is C15H25N3. The third kappa shape index (κ3) is 4.41. The molecule has 3 nitrogen and oxygen atoms in total. The Morgan fingerprint density at radius 2 is 1.89 bits per heavy atom. The number of likely N-dealkylation sites (N-methyl/N-ethyl adjacent to an activating group) is 1. The van der Waals surface area contributed by atoms with Gasteiger partial charge in [-0.05, 0) is 38.5 Å². The molecule has 1 heterocycles. The Morgan fingerprint density at radius 3 is 2.67 bits per heavy atom. The third-order valence-electron chi connectivity index (χ3n) is 3.65. The van der Waals surface area contributed by atoms with Crippen LogP contribution in [0.4, 0.5) is 0 Å². The van der Waals surface area contributed by atoms with E-state index < -0.39 is 0 Å². The van der Waals surface area contributed by atoms with Gasteiger partial charge in [0, 0.05) is 25.7 Å². The van der Waals surface area contributed by atoms with Crippen LogP contribution in [-0.4, -0.2) is 55.6 Å². The SMILES string of the molecule is CN1CCCN(C[C@H](N)Cc2ccccc2)CC1. The number of hydrogen-bond acceptors (Lipinski definition) is 3. The molecule has 0 aromatic heterocycles. The highest BCUT2D eigenvalue weighted by Gasteiger charge is 2.14. The largest absolute Gasteiger partial charge is 0.326 e. The normalized spacial score (nSPS) is 20.6. The Balaban J connectivity index is 1.78. The lowest BCUT2D eigenvalue weighted by Crippen LogP contribution is -2.40. The summed E-state index contributed by atoms with van der Waals surface area (Å²) in [6.45, 7) is 5.73. The van der Waals surface area contributed by atoms with Gasteiger partial charge in [-0.2, -0.15) is 0 Å². The molecule has 1 atom stereocenters. The zero-order chi connectivity index (χ0) is 12.8. The fourth-order valence-electron chi connectivity index (χ4n) is 2.60. The van der Waals surface area contributed by atoms with Crippen LogP contribution in [0.1, 0.15) is 12.0 Å². The van der Waals surface area contributed by atoms with Crippen molar-refractivity contribution in [3.05, 3.63) is 35.9 Å². The molecule has 3 heteroatoms. The smallest absolute Gasteiger partial charge is 0.0208 e. The summed E-state index contributed by atoms with van der Waals surface area (Å²) in [5.41, 5.74) is 7.61. The predicted molar refractivity (Wildman–Crippen MR) is 76.7 cm³/mol.